The van der Waals surface area contributed by atoms with Gasteiger partial charge in [0.05, 0.1) is 5.69 Å². The van der Waals surface area contributed by atoms with Gasteiger partial charge in [0.25, 0.3) is 5.91 Å². The third kappa shape index (κ3) is 3.30. The quantitative estimate of drug-likeness (QED) is 0.799. The Bertz CT molecular complexity index is 556. The number of halogens is 1. The summed E-state index contributed by atoms with van der Waals surface area (Å²) in [6.45, 7) is 3.42. The van der Waals surface area contributed by atoms with E-state index >= 15 is 0 Å². The van der Waals surface area contributed by atoms with Crippen LogP contribution in [-0.2, 0) is 4.79 Å². The summed E-state index contributed by atoms with van der Waals surface area (Å²) in [5, 5.41) is 8.97. The average molecular weight is 295 g/mol. The molecule has 1 amide bonds. The molecule has 1 fully saturated rings. The van der Waals surface area contributed by atoms with Gasteiger partial charge in [0.2, 0.25) is 0 Å². The number of carboxylic acids is 1. The molecule has 1 saturated heterocycles. The molecule has 7 heteroatoms. The number of carbonyl (C=O) groups is 2. The largest absolute Gasteiger partial charge is 0.480 e. The highest BCUT2D eigenvalue weighted by molar-refractivity contribution is 5.94. The first-order chi connectivity index (χ1) is 9.90. The molecule has 21 heavy (non-hydrogen) atoms. The van der Waals surface area contributed by atoms with Crippen molar-refractivity contribution in [2.75, 3.05) is 31.9 Å². The van der Waals surface area contributed by atoms with Crippen molar-refractivity contribution >= 4 is 17.6 Å². The van der Waals surface area contributed by atoms with Gasteiger partial charge in [0, 0.05) is 31.7 Å². The fourth-order valence-electron chi connectivity index (χ4n) is 2.31. The fraction of sp³-hybridized carbons (Fsp3) is 0.429. The summed E-state index contributed by atoms with van der Waals surface area (Å²) in [7, 11) is 0. The standard InChI is InChI=1S/C14H18FN3O3/c1-9(14(20)21)17-4-6-18(7-5-17)13(19)10-2-3-12(16)11(15)8-10/h2-3,8-9H,4-7,16H2,1H3,(H,20,21). The zero-order chi connectivity index (χ0) is 15.6. The van der Waals surface area contributed by atoms with Gasteiger partial charge in [-0.3, -0.25) is 14.5 Å². The predicted octanol–water partition coefficient (Wildman–Crippen LogP) is 0.639. The molecule has 6 nitrogen and oxygen atoms in total. The highest BCUT2D eigenvalue weighted by Gasteiger charge is 2.27. The van der Waals surface area contributed by atoms with E-state index in [1.165, 1.54) is 12.1 Å². The van der Waals surface area contributed by atoms with Crippen LogP contribution in [0.1, 0.15) is 17.3 Å². The van der Waals surface area contributed by atoms with Gasteiger partial charge in [-0.05, 0) is 25.1 Å². The molecule has 1 aliphatic rings. The van der Waals surface area contributed by atoms with E-state index in [1.807, 2.05) is 0 Å². The van der Waals surface area contributed by atoms with Crippen LogP contribution in [0.3, 0.4) is 0 Å². The Morgan fingerprint density at radius 3 is 2.43 bits per heavy atom. The maximum Gasteiger partial charge on any atom is 0.320 e. The number of piperazine rings is 1. The molecule has 0 saturated carbocycles. The molecule has 1 aromatic carbocycles. The van der Waals surface area contributed by atoms with Crippen LogP contribution in [0.4, 0.5) is 10.1 Å². The number of anilines is 1. The first kappa shape index (κ1) is 15.2. The van der Waals surface area contributed by atoms with E-state index in [4.69, 9.17) is 10.8 Å². The topological polar surface area (TPSA) is 86.9 Å². The molecule has 1 heterocycles. The monoisotopic (exact) mass is 295 g/mol. The van der Waals surface area contributed by atoms with Crippen LogP contribution in [0.5, 0.6) is 0 Å². The predicted molar refractivity (Wildman–Crippen MR) is 75.4 cm³/mol. The van der Waals surface area contributed by atoms with Crippen molar-refractivity contribution < 1.29 is 19.1 Å². The van der Waals surface area contributed by atoms with Gasteiger partial charge in [-0.2, -0.15) is 0 Å². The number of rotatable bonds is 3. The lowest BCUT2D eigenvalue weighted by atomic mass is 10.1. The summed E-state index contributed by atoms with van der Waals surface area (Å²) in [6, 6.07) is 3.42. The number of nitrogens with zero attached hydrogens (tertiary/aromatic N) is 2. The molecule has 1 aliphatic heterocycles. The highest BCUT2D eigenvalue weighted by atomic mass is 19.1. The molecule has 2 rings (SSSR count). The third-order valence-corrected chi connectivity index (χ3v) is 3.75. The number of carboxylic acid groups (broad SMARTS) is 1. The minimum absolute atomic E-state index is 0.00616. The summed E-state index contributed by atoms with van der Waals surface area (Å²) in [5.74, 6) is -1.76. The van der Waals surface area contributed by atoms with E-state index in [9.17, 15) is 14.0 Å². The Balaban J connectivity index is 2.00. The van der Waals surface area contributed by atoms with Crippen molar-refractivity contribution in [3.8, 4) is 0 Å². The number of hydrogen-bond acceptors (Lipinski definition) is 4. The van der Waals surface area contributed by atoms with Gasteiger partial charge in [-0.15, -0.1) is 0 Å². The molecule has 114 valence electrons. The summed E-state index contributed by atoms with van der Waals surface area (Å²) in [5.41, 5.74) is 5.64. The van der Waals surface area contributed by atoms with Crippen molar-refractivity contribution in [3.63, 3.8) is 0 Å². The highest BCUT2D eigenvalue weighted by Crippen LogP contribution is 2.15. The first-order valence-corrected chi connectivity index (χ1v) is 6.71. The van der Waals surface area contributed by atoms with E-state index in [0.29, 0.717) is 26.2 Å². The second kappa shape index (κ2) is 6.09. The van der Waals surface area contributed by atoms with Gasteiger partial charge in [-0.25, -0.2) is 4.39 Å². The van der Waals surface area contributed by atoms with Crippen LogP contribution >= 0.6 is 0 Å². The number of benzene rings is 1. The lowest BCUT2D eigenvalue weighted by Gasteiger charge is -2.36. The lowest BCUT2D eigenvalue weighted by molar-refractivity contribution is -0.143. The summed E-state index contributed by atoms with van der Waals surface area (Å²) >= 11 is 0. The van der Waals surface area contributed by atoms with Gasteiger partial charge in [0.1, 0.15) is 11.9 Å². The number of nitrogen functional groups attached to an aromatic ring is 1. The number of hydrogen-bond donors (Lipinski definition) is 2. The second-order valence-electron chi connectivity index (χ2n) is 5.08. The van der Waals surface area contributed by atoms with Crippen molar-refractivity contribution in [1.29, 1.82) is 0 Å². The maximum absolute atomic E-state index is 13.4. The molecular weight excluding hydrogens is 277 g/mol. The van der Waals surface area contributed by atoms with Gasteiger partial charge in [0.15, 0.2) is 0 Å². The molecule has 0 radical (unpaired) electrons. The normalized spacial score (nSPS) is 17.5. The molecule has 0 bridgehead atoms. The summed E-state index contributed by atoms with van der Waals surface area (Å²) in [4.78, 5) is 26.6. The van der Waals surface area contributed by atoms with Crippen molar-refractivity contribution in [1.82, 2.24) is 9.80 Å². The van der Waals surface area contributed by atoms with Gasteiger partial charge in [-0.1, -0.05) is 0 Å². The molecule has 0 spiro atoms. The first-order valence-electron chi connectivity index (χ1n) is 6.71. The van der Waals surface area contributed by atoms with E-state index in [1.54, 1.807) is 16.7 Å². The van der Waals surface area contributed by atoms with Crippen molar-refractivity contribution in [2.24, 2.45) is 0 Å². The van der Waals surface area contributed by atoms with E-state index < -0.39 is 17.8 Å². The molecule has 0 aliphatic carbocycles. The average Bonchev–Trinajstić information content (AvgIpc) is 2.48. The lowest BCUT2D eigenvalue weighted by Crippen LogP contribution is -2.53. The van der Waals surface area contributed by atoms with E-state index in [-0.39, 0.29) is 17.2 Å². The van der Waals surface area contributed by atoms with Crippen molar-refractivity contribution in [3.05, 3.63) is 29.6 Å². The minimum Gasteiger partial charge on any atom is -0.480 e. The smallest absolute Gasteiger partial charge is 0.320 e. The fourth-order valence-corrected chi connectivity index (χ4v) is 2.31. The van der Waals surface area contributed by atoms with Crippen molar-refractivity contribution in [2.45, 2.75) is 13.0 Å². The van der Waals surface area contributed by atoms with Crippen LogP contribution in [0.25, 0.3) is 0 Å². The van der Waals surface area contributed by atoms with Crippen LogP contribution in [0, 0.1) is 5.82 Å². The Morgan fingerprint density at radius 1 is 1.29 bits per heavy atom. The maximum atomic E-state index is 13.4. The van der Waals surface area contributed by atoms with Gasteiger partial charge >= 0.3 is 5.97 Å². The Hall–Kier alpha value is -2.15. The number of nitrogens with two attached hydrogens (primary N) is 1. The van der Waals surface area contributed by atoms with Crippen LogP contribution < -0.4 is 5.73 Å². The zero-order valence-electron chi connectivity index (χ0n) is 11.8. The third-order valence-electron chi connectivity index (χ3n) is 3.75. The molecule has 0 aromatic heterocycles. The molecular formula is C14H18FN3O3. The Labute approximate surface area is 121 Å². The number of amides is 1. The van der Waals surface area contributed by atoms with Crippen LogP contribution in [0.2, 0.25) is 0 Å². The molecule has 3 N–H and O–H groups in total. The zero-order valence-corrected chi connectivity index (χ0v) is 11.8. The van der Waals surface area contributed by atoms with Crippen LogP contribution in [-0.4, -0.2) is 59.0 Å². The van der Waals surface area contributed by atoms with E-state index in [0.717, 1.165) is 6.07 Å². The number of aliphatic carboxylic acids is 1. The van der Waals surface area contributed by atoms with Crippen LogP contribution in [0.15, 0.2) is 18.2 Å². The second-order valence-corrected chi connectivity index (χ2v) is 5.08. The summed E-state index contributed by atoms with van der Waals surface area (Å²) < 4.78 is 13.4. The molecule has 1 aromatic rings. The van der Waals surface area contributed by atoms with Gasteiger partial charge < -0.3 is 15.7 Å². The SMILES string of the molecule is CC(C(=O)O)N1CCN(C(=O)c2ccc(N)c(F)c2)CC1. The summed E-state index contributed by atoms with van der Waals surface area (Å²) in [6.07, 6.45) is 0. The Morgan fingerprint density at radius 2 is 1.90 bits per heavy atom. The molecule has 1 atom stereocenters. The van der Waals surface area contributed by atoms with E-state index in [2.05, 4.69) is 0 Å². The minimum atomic E-state index is -0.879. The number of carbonyl (C=O) groups excluding carboxylic acids is 1. The Kier molecular flexibility index (Phi) is 4.42. The molecule has 1 unspecified atom stereocenters.